The van der Waals surface area contributed by atoms with Gasteiger partial charge in [0, 0.05) is 17.8 Å². The number of methoxy groups -OCH3 is 2. The fourth-order valence-corrected chi connectivity index (χ4v) is 3.92. The zero-order valence-corrected chi connectivity index (χ0v) is 20.8. The van der Waals surface area contributed by atoms with Crippen molar-refractivity contribution in [1.82, 2.24) is 15.3 Å². The first-order chi connectivity index (χ1) is 17.3. The third kappa shape index (κ3) is 5.46. The summed E-state index contributed by atoms with van der Waals surface area (Å²) in [5.41, 5.74) is 4.06. The molecule has 0 atom stereocenters. The third-order valence-corrected chi connectivity index (χ3v) is 6.19. The average Bonchev–Trinajstić information content (AvgIpc) is 3.36. The van der Waals surface area contributed by atoms with Gasteiger partial charge in [-0.05, 0) is 53.8 Å². The van der Waals surface area contributed by atoms with E-state index in [2.05, 4.69) is 39.4 Å². The number of ether oxygens (including phenoxy) is 2. The van der Waals surface area contributed by atoms with Crippen molar-refractivity contribution in [1.29, 1.82) is 0 Å². The van der Waals surface area contributed by atoms with Crippen molar-refractivity contribution in [2.45, 2.75) is 25.7 Å². The zero-order valence-electron chi connectivity index (χ0n) is 20.8. The summed E-state index contributed by atoms with van der Waals surface area (Å²) in [7, 11) is 3.08. The fourth-order valence-electron chi connectivity index (χ4n) is 3.92. The highest BCUT2D eigenvalue weighted by molar-refractivity contribution is 6.04. The van der Waals surface area contributed by atoms with Crippen LogP contribution in [-0.2, 0) is 5.41 Å². The number of rotatable bonds is 9. The molecule has 4 aromatic rings. The summed E-state index contributed by atoms with van der Waals surface area (Å²) < 4.78 is 10.5. The summed E-state index contributed by atoms with van der Waals surface area (Å²) in [5, 5.41) is 5.89. The first-order valence-corrected chi connectivity index (χ1v) is 11.6. The molecule has 4 N–H and O–H groups in total. The molecule has 0 aliphatic carbocycles. The van der Waals surface area contributed by atoms with E-state index in [1.807, 2.05) is 24.3 Å². The van der Waals surface area contributed by atoms with Crippen LogP contribution in [0.3, 0.4) is 0 Å². The van der Waals surface area contributed by atoms with Crippen LogP contribution in [0.15, 0.2) is 61.1 Å². The maximum absolute atomic E-state index is 12.7. The average molecular weight is 489 g/mol. The zero-order chi connectivity index (χ0) is 25.7. The Bertz CT molecular complexity index is 1380. The Labute approximate surface area is 209 Å². The monoisotopic (exact) mass is 488 g/mol. The van der Waals surface area contributed by atoms with E-state index in [-0.39, 0.29) is 17.2 Å². The summed E-state index contributed by atoms with van der Waals surface area (Å²) >= 11 is 0. The number of amides is 2. The van der Waals surface area contributed by atoms with E-state index in [0.29, 0.717) is 40.5 Å². The molecule has 0 saturated carbocycles. The Morgan fingerprint density at radius 2 is 1.72 bits per heavy atom. The molecule has 0 bridgehead atoms. The molecule has 9 heteroatoms. The molecule has 2 heterocycles. The minimum atomic E-state index is -0.240. The molecule has 2 aromatic heterocycles. The number of H-pyrrole nitrogens is 2. The van der Waals surface area contributed by atoms with Crippen LogP contribution in [0.1, 0.15) is 46.5 Å². The minimum Gasteiger partial charge on any atom is -0.493 e. The number of hydrogen-bond donors (Lipinski definition) is 3. The van der Waals surface area contributed by atoms with Crippen molar-refractivity contribution in [3.8, 4) is 11.5 Å². The second-order valence-electron chi connectivity index (χ2n) is 9.04. The highest BCUT2D eigenvalue weighted by atomic mass is 16.5. The van der Waals surface area contributed by atoms with Gasteiger partial charge in [-0.15, -0.1) is 4.98 Å². The van der Waals surface area contributed by atoms with Crippen molar-refractivity contribution >= 4 is 28.7 Å². The van der Waals surface area contributed by atoms with Crippen LogP contribution in [0.25, 0.3) is 11.2 Å². The van der Waals surface area contributed by atoms with Crippen molar-refractivity contribution in [3.63, 3.8) is 0 Å². The quantitative estimate of drug-likeness (QED) is 0.332. The lowest BCUT2D eigenvalue weighted by Crippen LogP contribution is -2.30. The van der Waals surface area contributed by atoms with Gasteiger partial charge in [0.2, 0.25) is 0 Å². The largest absolute Gasteiger partial charge is 0.493 e. The number of carbonyl (C=O) groups is 2. The van der Waals surface area contributed by atoms with Gasteiger partial charge in [-0.3, -0.25) is 14.6 Å². The molecule has 0 spiro atoms. The highest BCUT2D eigenvalue weighted by Gasteiger charge is 2.21. The number of pyridine rings is 1. The van der Waals surface area contributed by atoms with E-state index >= 15 is 0 Å². The van der Waals surface area contributed by atoms with Gasteiger partial charge in [0.15, 0.2) is 23.3 Å². The van der Waals surface area contributed by atoms with E-state index in [1.165, 1.54) is 7.11 Å². The molecule has 0 radical (unpaired) electrons. The van der Waals surface area contributed by atoms with Gasteiger partial charge < -0.3 is 20.1 Å². The van der Waals surface area contributed by atoms with Crippen LogP contribution in [-0.4, -0.2) is 42.5 Å². The van der Waals surface area contributed by atoms with Crippen molar-refractivity contribution in [2.24, 2.45) is 0 Å². The van der Waals surface area contributed by atoms with Crippen molar-refractivity contribution in [3.05, 3.63) is 77.7 Å². The third-order valence-electron chi connectivity index (χ3n) is 6.19. The van der Waals surface area contributed by atoms with E-state index in [9.17, 15) is 9.59 Å². The molecule has 4 rings (SSSR count). The Kier molecular flexibility index (Phi) is 7.19. The second kappa shape index (κ2) is 10.5. The Hall–Kier alpha value is -4.40. The maximum atomic E-state index is 12.7. The summed E-state index contributed by atoms with van der Waals surface area (Å²) in [5.74, 6) is 0.654. The predicted molar refractivity (Wildman–Crippen MR) is 137 cm³/mol. The van der Waals surface area contributed by atoms with Gasteiger partial charge in [0.25, 0.3) is 17.5 Å². The summed E-state index contributed by atoms with van der Waals surface area (Å²) in [6, 6.07) is 14.5. The number of fused-ring (bicyclic) bond motifs is 1. The number of nitrogens with zero attached hydrogens (tertiary/aromatic N) is 1. The van der Waals surface area contributed by atoms with Gasteiger partial charge in [-0.1, -0.05) is 26.0 Å². The maximum Gasteiger partial charge on any atom is 0.299 e. The number of nitrogens with one attached hydrogen (secondary N) is 4. The topological polar surface area (TPSA) is 119 Å². The smallest absolute Gasteiger partial charge is 0.299 e. The first kappa shape index (κ1) is 24.7. The van der Waals surface area contributed by atoms with Crippen LogP contribution in [0.4, 0.5) is 5.69 Å². The molecule has 9 nitrogen and oxygen atoms in total. The van der Waals surface area contributed by atoms with Gasteiger partial charge >= 0.3 is 0 Å². The number of benzene rings is 2. The molecule has 186 valence electrons. The number of hydrogen-bond acceptors (Lipinski definition) is 5. The number of anilines is 1. The molecule has 0 aliphatic rings. The molecule has 2 amide bonds. The lowest BCUT2D eigenvalue weighted by atomic mass is 9.81. The lowest BCUT2D eigenvalue weighted by Gasteiger charge is -2.25. The standard InChI is InChI=1S/C27H29N5O4/c1-27(2,11-12-28-25(33)18-13-21-24(29-15-18)31-16-30-21)19-6-8-20(9-7-19)32-26(34)17-5-10-22(35-3)23(14-17)36-4/h5-10,13-16H,11-12H2,1-4H3,(H,28,33)(H,32,34)(H,29,30,31)/p+1. The lowest BCUT2D eigenvalue weighted by molar-refractivity contribution is -0.347. The summed E-state index contributed by atoms with van der Waals surface area (Å²) in [6.45, 7) is 4.76. The van der Waals surface area contributed by atoms with Crippen molar-refractivity contribution in [2.75, 3.05) is 26.1 Å². The Morgan fingerprint density at radius 3 is 2.44 bits per heavy atom. The highest BCUT2D eigenvalue weighted by Crippen LogP contribution is 2.29. The second-order valence-corrected chi connectivity index (χ2v) is 9.04. The number of aromatic nitrogens is 3. The van der Waals surface area contributed by atoms with Crippen molar-refractivity contribution < 1.29 is 24.0 Å². The van der Waals surface area contributed by atoms with Gasteiger partial charge in [0.05, 0.1) is 19.8 Å². The van der Waals surface area contributed by atoms with E-state index in [0.717, 1.165) is 17.5 Å². The van der Waals surface area contributed by atoms with Gasteiger partial charge in [0.1, 0.15) is 6.20 Å². The Morgan fingerprint density at radius 1 is 0.972 bits per heavy atom. The van der Waals surface area contributed by atoms with Gasteiger partial charge in [-0.2, -0.15) is 0 Å². The van der Waals surface area contributed by atoms with E-state index in [4.69, 9.17) is 9.47 Å². The molecule has 0 fully saturated rings. The molecule has 0 saturated heterocycles. The number of carbonyl (C=O) groups excluding carboxylic acids is 2. The predicted octanol–water partition coefficient (Wildman–Crippen LogP) is 3.74. The minimum absolute atomic E-state index is 0.164. The number of imidazole rings is 1. The van der Waals surface area contributed by atoms with Crippen LogP contribution in [0.5, 0.6) is 11.5 Å². The first-order valence-electron chi connectivity index (χ1n) is 11.6. The van der Waals surface area contributed by atoms with E-state index in [1.54, 1.807) is 43.9 Å². The molecular weight excluding hydrogens is 458 g/mol. The van der Waals surface area contributed by atoms with Crippen LogP contribution in [0, 0.1) is 0 Å². The SMILES string of the molecule is COc1ccc(C(=O)Nc2ccc(C(C)(C)CCNC(=O)c3cnc4[nH+]c[nH]c4c3)cc2)cc1OC. The normalized spacial score (nSPS) is 11.2. The summed E-state index contributed by atoms with van der Waals surface area (Å²) in [6.07, 6.45) is 3.97. The van der Waals surface area contributed by atoms with Gasteiger partial charge in [-0.25, -0.2) is 4.98 Å². The van der Waals surface area contributed by atoms with Crippen LogP contribution >= 0.6 is 0 Å². The summed E-state index contributed by atoms with van der Waals surface area (Å²) in [4.78, 5) is 35.5. The van der Waals surface area contributed by atoms with E-state index < -0.39 is 0 Å². The Balaban J connectivity index is 1.33. The molecule has 2 aromatic carbocycles. The molecular formula is C27H30N5O4+. The molecule has 0 aliphatic heterocycles. The fraction of sp³-hybridized carbons (Fsp3) is 0.259. The molecule has 36 heavy (non-hydrogen) atoms. The number of aromatic amines is 2. The molecule has 0 unspecified atom stereocenters. The van der Waals surface area contributed by atoms with Crippen LogP contribution in [0.2, 0.25) is 0 Å². The van der Waals surface area contributed by atoms with Crippen LogP contribution < -0.4 is 25.1 Å².